The number of hydrogen-bond donors (Lipinski definition) is 1. The quantitative estimate of drug-likeness (QED) is 0.771. The Hall–Kier alpha value is -2.08. The van der Waals surface area contributed by atoms with Gasteiger partial charge in [0.05, 0.1) is 12.5 Å². The minimum atomic E-state index is -0.847. The van der Waals surface area contributed by atoms with Gasteiger partial charge in [0, 0.05) is 12.6 Å². The molecule has 1 N–H and O–H groups in total. The molecule has 2 unspecified atom stereocenters. The Morgan fingerprint density at radius 2 is 2.00 bits per heavy atom. The van der Waals surface area contributed by atoms with Crippen molar-refractivity contribution >= 4 is 11.9 Å². The predicted octanol–water partition coefficient (Wildman–Crippen LogP) is 1.40. The van der Waals surface area contributed by atoms with Crippen LogP contribution in [0.3, 0.4) is 0 Å². The van der Waals surface area contributed by atoms with Crippen LogP contribution in [0.25, 0.3) is 0 Å². The summed E-state index contributed by atoms with van der Waals surface area (Å²) in [6, 6.07) is 9.09. The predicted molar refractivity (Wildman–Crippen MR) is 79.7 cm³/mol. The van der Waals surface area contributed by atoms with Crippen LogP contribution in [-0.2, 0) is 14.3 Å². The Kier molecular flexibility index (Phi) is 5.77. The van der Waals surface area contributed by atoms with Crippen molar-refractivity contribution in [1.29, 1.82) is 0 Å². The fourth-order valence-electron chi connectivity index (χ4n) is 2.60. The lowest BCUT2D eigenvalue weighted by Crippen LogP contribution is -2.39. The van der Waals surface area contributed by atoms with E-state index in [-0.39, 0.29) is 18.6 Å². The van der Waals surface area contributed by atoms with Crippen LogP contribution < -0.4 is 4.74 Å². The number of para-hydroxylation sites is 1. The van der Waals surface area contributed by atoms with Crippen LogP contribution in [0.5, 0.6) is 5.75 Å². The number of carbonyl (C=O) groups excluding carboxylic acids is 1. The second kappa shape index (κ2) is 7.79. The molecule has 1 aromatic carbocycles. The lowest BCUT2D eigenvalue weighted by molar-refractivity contribution is -0.143. The van der Waals surface area contributed by atoms with E-state index in [1.165, 1.54) is 0 Å². The van der Waals surface area contributed by atoms with Crippen molar-refractivity contribution in [2.24, 2.45) is 5.92 Å². The van der Waals surface area contributed by atoms with E-state index < -0.39 is 11.9 Å². The van der Waals surface area contributed by atoms with Gasteiger partial charge < -0.3 is 19.5 Å². The summed E-state index contributed by atoms with van der Waals surface area (Å²) in [6.45, 7) is 2.87. The third-order valence-electron chi connectivity index (χ3n) is 3.86. The van der Waals surface area contributed by atoms with E-state index in [1.54, 1.807) is 11.8 Å². The summed E-state index contributed by atoms with van der Waals surface area (Å²) >= 11 is 0. The van der Waals surface area contributed by atoms with Crippen molar-refractivity contribution in [2.75, 3.05) is 26.4 Å². The van der Waals surface area contributed by atoms with Crippen LogP contribution in [0.4, 0.5) is 0 Å². The molecular weight excluding hydrogens is 286 g/mol. The molecule has 0 aromatic heterocycles. The number of aliphatic carboxylic acids is 1. The van der Waals surface area contributed by atoms with E-state index in [0.717, 1.165) is 5.75 Å². The van der Waals surface area contributed by atoms with Gasteiger partial charge in [-0.15, -0.1) is 0 Å². The van der Waals surface area contributed by atoms with E-state index >= 15 is 0 Å². The second-order valence-corrected chi connectivity index (χ2v) is 5.28. The zero-order chi connectivity index (χ0) is 15.9. The molecule has 0 aliphatic carbocycles. The number of carbonyl (C=O) groups is 2. The first-order valence-electron chi connectivity index (χ1n) is 7.37. The standard InChI is InChI=1S/C16H21NO5/c1-12-14(16(19)20)7-8-17(12)15(18)11-21-9-10-22-13-5-3-2-4-6-13/h2-6,12,14H,7-11H2,1H3,(H,19,20). The first kappa shape index (κ1) is 16.3. The summed E-state index contributed by atoms with van der Waals surface area (Å²) in [4.78, 5) is 24.6. The molecule has 2 rings (SSSR count). The molecule has 0 saturated carbocycles. The topological polar surface area (TPSA) is 76.1 Å². The second-order valence-electron chi connectivity index (χ2n) is 5.28. The van der Waals surface area contributed by atoms with Gasteiger partial charge in [0.2, 0.25) is 5.91 Å². The Bertz CT molecular complexity index is 505. The maximum absolute atomic E-state index is 12.0. The minimum Gasteiger partial charge on any atom is -0.491 e. The Morgan fingerprint density at radius 3 is 2.64 bits per heavy atom. The molecule has 6 heteroatoms. The highest BCUT2D eigenvalue weighted by molar-refractivity contribution is 5.80. The third-order valence-corrected chi connectivity index (χ3v) is 3.86. The number of likely N-dealkylation sites (tertiary alicyclic amines) is 1. The number of rotatable bonds is 7. The van der Waals surface area contributed by atoms with Crippen molar-refractivity contribution in [3.63, 3.8) is 0 Å². The molecule has 1 saturated heterocycles. The van der Waals surface area contributed by atoms with Crippen molar-refractivity contribution in [3.05, 3.63) is 30.3 Å². The van der Waals surface area contributed by atoms with Gasteiger partial charge >= 0.3 is 5.97 Å². The summed E-state index contributed by atoms with van der Waals surface area (Å²) in [5.74, 6) is -0.740. The molecule has 6 nitrogen and oxygen atoms in total. The maximum Gasteiger partial charge on any atom is 0.308 e. The van der Waals surface area contributed by atoms with Crippen LogP contribution in [0.2, 0.25) is 0 Å². The average molecular weight is 307 g/mol. The van der Waals surface area contributed by atoms with Crippen molar-refractivity contribution in [3.8, 4) is 5.75 Å². The molecule has 1 aliphatic rings. The minimum absolute atomic E-state index is 0.0468. The van der Waals surface area contributed by atoms with Gasteiger partial charge in [-0.25, -0.2) is 0 Å². The molecule has 120 valence electrons. The number of nitrogens with zero attached hydrogens (tertiary/aromatic N) is 1. The summed E-state index contributed by atoms with van der Waals surface area (Å²) in [5, 5.41) is 9.05. The fourth-order valence-corrected chi connectivity index (χ4v) is 2.60. The number of carboxylic acids is 1. The largest absolute Gasteiger partial charge is 0.491 e. The molecule has 0 spiro atoms. The van der Waals surface area contributed by atoms with Gasteiger partial charge in [0.25, 0.3) is 0 Å². The van der Waals surface area contributed by atoms with Gasteiger partial charge in [-0.3, -0.25) is 9.59 Å². The zero-order valence-corrected chi connectivity index (χ0v) is 12.6. The van der Waals surface area contributed by atoms with Gasteiger partial charge in [-0.05, 0) is 25.5 Å². The Labute approximate surface area is 129 Å². The van der Waals surface area contributed by atoms with Gasteiger partial charge in [-0.2, -0.15) is 0 Å². The number of ether oxygens (including phenoxy) is 2. The molecular formula is C16H21NO5. The van der Waals surface area contributed by atoms with Crippen molar-refractivity contribution in [1.82, 2.24) is 4.90 Å². The van der Waals surface area contributed by atoms with Crippen LogP contribution in [0, 0.1) is 5.92 Å². The normalized spacial score (nSPS) is 20.9. The summed E-state index contributed by atoms with van der Waals surface area (Å²) in [7, 11) is 0. The van der Waals surface area contributed by atoms with Crippen LogP contribution >= 0.6 is 0 Å². The van der Waals surface area contributed by atoms with Crippen molar-refractivity contribution < 1.29 is 24.2 Å². The molecule has 0 radical (unpaired) electrons. The van der Waals surface area contributed by atoms with E-state index in [2.05, 4.69) is 0 Å². The third kappa shape index (κ3) is 4.21. The van der Waals surface area contributed by atoms with Crippen LogP contribution in [0.15, 0.2) is 30.3 Å². The van der Waals surface area contributed by atoms with Gasteiger partial charge in [-0.1, -0.05) is 18.2 Å². The summed E-state index contributed by atoms with van der Waals surface area (Å²) < 4.78 is 10.8. The average Bonchev–Trinajstić information content (AvgIpc) is 2.89. The SMILES string of the molecule is CC1C(C(=O)O)CCN1C(=O)COCCOc1ccccc1. The van der Waals surface area contributed by atoms with E-state index in [4.69, 9.17) is 14.6 Å². The van der Waals surface area contributed by atoms with E-state index in [9.17, 15) is 9.59 Å². The molecule has 1 aromatic rings. The molecule has 1 aliphatic heterocycles. The van der Waals surface area contributed by atoms with Crippen LogP contribution in [-0.4, -0.2) is 54.3 Å². The lowest BCUT2D eigenvalue weighted by atomic mass is 10.0. The smallest absolute Gasteiger partial charge is 0.308 e. The molecule has 1 amide bonds. The highest BCUT2D eigenvalue weighted by atomic mass is 16.5. The monoisotopic (exact) mass is 307 g/mol. The Balaban J connectivity index is 1.65. The van der Waals surface area contributed by atoms with Gasteiger partial charge in [0.1, 0.15) is 19.0 Å². The molecule has 1 heterocycles. The molecule has 2 atom stereocenters. The van der Waals surface area contributed by atoms with E-state index in [1.807, 2.05) is 30.3 Å². The Morgan fingerprint density at radius 1 is 1.27 bits per heavy atom. The van der Waals surface area contributed by atoms with Crippen molar-refractivity contribution in [2.45, 2.75) is 19.4 Å². The zero-order valence-electron chi connectivity index (χ0n) is 12.6. The maximum atomic E-state index is 12.0. The summed E-state index contributed by atoms with van der Waals surface area (Å²) in [5.41, 5.74) is 0. The van der Waals surface area contributed by atoms with E-state index in [0.29, 0.717) is 26.2 Å². The van der Waals surface area contributed by atoms with Crippen LogP contribution in [0.1, 0.15) is 13.3 Å². The molecule has 22 heavy (non-hydrogen) atoms. The lowest BCUT2D eigenvalue weighted by Gasteiger charge is -2.23. The number of carboxylic acid groups (broad SMARTS) is 1. The number of hydrogen-bond acceptors (Lipinski definition) is 4. The highest BCUT2D eigenvalue weighted by Gasteiger charge is 2.37. The number of benzene rings is 1. The summed E-state index contributed by atoms with van der Waals surface area (Å²) in [6.07, 6.45) is 0.499. The fraction of sp³-hybridized carbons (Fsp3) is 0.500. The first-order valence-corrected chi connectivity index (χ1v) is 7.37. The molecule has 1 fully saturated rings. The highest BCUT2D eigenvalue weighted by Crippen LogP contribution is 2.24. The van der Waals surface area contributed by atoms with Gasteiger partial charge in [0.15, 0.2) is 0 Å². The number of amides is 1. The molecule has 0 bridgehead atoms. The first-order chi connectivity index (χ1) is 10.6.